The number of aromatic nitrogens is 1. The van der Waals surface area contributed by atoms with Crippen LogP contribution >= 0.6 is 23.8 Å². The minimum absolute atomic E-state index is 0.322. The lowest BCUT2D eigenvalue weighted by Crippen LogP contribution is -2.46. The quantitative estimate of drug-likeness (QED) is 0.800. The van der Waals surface area contributed by atoms with Gasteiger partial charge in [-0.1, -0.05) is 41.9 Å². The van der Waals surface area contributed by atoms with Gasteiger partial charge in [-0.3, -0.25) is 10.1 Å². The number of amides is 1. The molecule has 0 atom stereocenters. The zero-order valence-corrected chi connectivity index (χ0v) is 15.8. The Hall–Kier alpha value is -1.92. The first-order chi connectivity index (χ1) is 12.0. The highest BCUT2D eigenvalue weighted by atomic mass is 35.5. The molecule has 25 heavy (non-hydrogen) atoms. The van der Waals surface area contributed by atoms with Gasteiger partial charge in [0.25, 0.3) is 5.91 Å². The highest BCUT2D eigenvalue weighted by molar-refractivity contribution is 7.80. The summed E-state index contributed by atoms with van der Waals surface area (Å²) in [5.74, 6) is 0.807. The van der Waals surface area contributed by atoms with Gasteiger partial charge in [-0.05, 0) is 44.0 Å². The summed E-state index contributed by atoms with van der Waals surface area (Å²) < 4.78 is 5.24. The van der Waals surface area contributed by atoms with Gasteiger partial charge in [0.15, 0.2) is 5.11 Å². The number of aryl methyl sites for hydroxylation is 1. The Morgan fingerprint density at radius 1 is 1.36 bits per heavy atom. The number of hydrogen-bond acceptors (Lipinski definition) is 4. The largest absolute Gasteiger partial charge is 0.360 e. The predicted molar refractivity (Wildman–Crippen MR) is 102 cm³/mol. The third kappa shape index (κ3) is 3.85. The molecule has 1 fully saturated rings. The van der Waals surface area contributed by atoms with Crippen molar-refractivity contribution >= 4 is 34.8 Å². The molecule has 2 heterocycles. The second kappa shape index (κ2) is 7.54. The molecule has 7 heteroatoms. The summed E-state index contributed by atoms with van der Waals surface area (Å²) in [6.45, 7) is 5.66. The van der Waals surface area contributed by atoms with Crippen LogP contribution in [0.2, 0.25) is 5.02 Å². The molecule has 0 aliphatic carbocycles. The molecule has 0 unspecified atom stereocenters. The zero-order valence-electron chi connectivity index (χ0n) is 14.2. The molecule has 5 nitrogen and oxygen atoms in total. The lowest BCUT2D eigenvalue weighted by atomic mass is 10.00. The zero-order chi connectivity index (χ0) is 18.0. The van der Waals surface area contributed by atoms with E-state index >= 15 is 0 Å². The van der Waals surface area contributed by atoms with E-state index in [1.165, 1.54) is 0 Å². The summed E-state index contributed by atoms with van der Waals surface area (Å²) in [5, 5.41) is 7.79. The van der Waals surface area contributed by atoms with Gasteiger partial charge in [-0.25, -0.2) is 0 Å². The number of likely N-dealkylation sites (tertiary alicyclic amines) is 1. The van der Waals surface area contributed by atoms with Crippen LogP contribution in [0.3, 0.4) is 0 Å². The first kappa shape index (κ1) is 17.9. The maximum atomic E-state index is 12.8. The number of thiocarbonyl (C=S) groups is 1. The second-order valence-electron chi connectivity index (χ2n) is 6.37. The number of rotatable bonds is 2. The Balaban J connectivity index is 1.80. The lowest BCUT2D eigenvalue weighted by Gasteiger charge is -2.32. The second-order valence-corrected chi connectivity index (χ2v) is 7.16. The molecule has 1 aromatic carbocycles. The monoisotopic (exact) mass is 377 g/mol. The van der Waals surface area contributed by atoms with Crippen LogP contribution in [0.4, 0.5) is 0 Å². The number of carbonyl (C=O) groups is 1. The van der Waals surface area contributed by atoms with E-state index in [1.807, 2.05) is 17.0 Å². The van der Waals surface area contributed by atoms with E-state index in [4.69, 9.17) is 28.3 Å². The van der Waals surface area contributed by atoms with Crippen molar-refractivity contribution in [3.63, 3.8) is 0 Å². The van der Waals surface area contributed by atoms with E-state index in [9.17, 15) is 4.79 Å². The summed E-state index contributed by atoms with van der Waals surface area (Å²) in [5.41, 5.74) is 1.44. The van der Waals surface area contributed by atoms with Crippen LogP contribution in [-0.2, 0) is 0 Å². The highest BCUT2D eigenvalue weighted by Gasteiger charge is 2.25. The minimum atomic E-state index is -0.322. The Morgan fingerprint density at radius 2 is 2.04 bits per heavy atom. The first-order valence-corrected chi connectivity index (χ1v) is 9.07. The summed E-state index contributed by atoms with van der Waals surface area (Å²) in [4.78, 5) is 14.8. The number of halogens is 1. The van der Waals surface area contributed by atoms with Crippen molar-refractivity contribution in [3.8, 4) is 11.3 Å². The fourth-order valence-corrected chi connectivity index (χ4v) is 3.43. The SMILES string of the molecule is Cc1onc(-c2ccccc2Cl)c1C(=O)NC(=S)N1CCC(C)CC1. The number of piperidine rings is 1. The molecule has 1 amide bonds. The molecular weight excluding hydrogens is 358 g/mol. The Kier molecular flexibility index (Phi) is 5.39. The van der Waals surface area contributed by atoms with Crippen LogP contribution < -0.4 is 5.32 Å². The van der Waals surface area contributed by atoms with Gasteiger partial charge in [0.2, 0.25) is 0 Å². The fourth-order valence-electron chi connectivity index (χ4n) is 2.93. The van der Waals surface area contributed by atoms with E-state index in [2.05, 4.69) is 17.4 Å². The summed E-state index contributed by atoms with van der Waals surface area (Å²) in [6.07, 6.45) is 2.15. The Morgan fingerprint density at radius 3 is 2.72 bits per heavy atom. The van der Waals surface area contributed by atoms with E-state index in [0.29, 0.717) is 38.6 Å². The third-order valence-corrected chi connectivity index (χ3v) is 5.20. The third-order valence-electron chi connectivity index (χ3n) is 4.51. The van der Waals surface area contributed by atoms with E-state index in [-0.39, 0.29) is 5.91 Å². The Bertz CT molecular complexity index is 797. The number of hydrogen-bond donors (Lipinski definition) is 1. The van der Waals surface area contributed by atoms with Gasteiger partial charge < -0.3 is 9.42 Å². The van der Waals surface area contributed by atoms with Gasteiger partial charge in [0.1, 0.15) is 17.0 Å². The van der Waals surface area contributed by atoms with Gasteiger partial charge in [0, 0.05) is 18.7 Å². The van der Waals surface area contributed by atoms with Crippen molar-refractivity contribution in [3.05, 3.63) is 40.6 Å². The average molecular weight is 378 g/mol. The topological polar surface area (TPSA) is 58.4 Å². The van der Waals surface area contributed by atoms with Crippen LogP contribution in [0.1, 0.15) is 35.9 Å². The first-order valence-electron chi connectivity index (χ1n) is 8.28. The number of nitrogens with zero attached hydrogens (tertiary/aromatic N) is 2. The smallest absolute Gasteiger partial charge is 0.263 e. The molecule has 2 aromatic rings. The molecular formula is C18H20ClN3O2S. The molecule has 3 rings (SSSR count). The van der Waals surface area contributed by atoms with Crippen LogP contribution in [-0.4, -0.2) is 34.2 Å². The normalized spacial score (nSPS) is 15.2. The van der Waals surface area contributed by atoms with E-state index in [1.54, 1.807) is 19.1 Å². The molecule has 0 radical (unpaired) electrons. The van der Waals surface area contributed by atoms with E-state index in [0.717, 1.165) is 25.9 Å². The van der Waals surface area contributed by atoms with Crippen molar-refractivity contribution in [2.45, 2.75) is 26.7 Å². The van der Waals surface area contributed by atoms with Crippen LogP contribution in [0.5, 0.6) is 0 Å². The number of nitrogens with one attached hydrogen (secondary N) is 1. The molecule has 1 saturated heterocycles. The molecule has 1 aliphatic heterocycles. The lowest BCUT2D eigenvalue weighted by molar-refractivity contribution is 0.0971. The van der Waals surface area contributed by atoms with Gasteiger partial charge in [0.05, 0.1) is 5.02 Å². The molecule has 1 aliphatic rings. The van der Waals surface area contributed by atoms with Gasteiger partial charge in [-0.2, -0.15) is 0 Å². The molecule has 0 saturated carbocycles. The van der Waals surface area contributed by atoms with Crippen molar-refractivity contribution < 1.29 is 9.32 Å². The van der Waals surface area contributed by atoms with Crippen molar-refractivity contribution in [2.75, 3.05) is 13.1 Å². The molecule has 1 aromatic heterocycles. The van der Waals surface area contributed by atoms with Crippen molar-refractivity contribution in [1.29, 1.82) is 0 Å². The van der Waals surface area contributed by atoms with Crippen molar-refractivity contribution in [2.24, 2.45) is 5.92 Å². The standard InChI is InChI=1S/C18H20ClN3O2S/c1-11-7-9-22(10-8-11)18(25)20-17(23)15-12(2)24-21-16(15)13-5-3-4-6-14(13)19/h3-6,11H,7-10H2,1-2H3,(H,20,23,25). The maximum Gasteiger partial charge on any atom is 0.263 e. The molecule has 0 spiro atoms. The average Bonchev–Trinajstić information content (AvgIpc) is 2.97. The number of benzene rings is 1. The summed E-state index contributed by atoms with van der Waals surface area (Å²) in [7, 11) is 0. The predicted octanol–water partition coefficient (Wildman–Crippen LogP) is 4.05. The van der Waals surface area contributed by atoms with Crippen molar-refractivity contribution in [1.82, 2.24) is 15.4 Å². The van der Waals surface area contributed by atoms with Crippen LogP contribution in [0, 0.1) is 12.8 Å². The fraction of sp³-hybridized carbons (Fsp3) is 0.389. The molecule has 0 bridgehead atoms. The van der Waals surface area contributed by atoms with Gasteiger partial charge >= 0.3 is 0 Å². The Labute approximate surface area is 157 Å². The van der Waals surface area contributed by atoms with Gasteiger partial charge in [-0.15, -0.1) is 0 Å². The number of carbonyl (C=O) groups excluding carboxylic acids is 1. The maximum absolute atomic E-state index is 12.8. The van der Waals surface area contributed by atoms with Crippen LogP contribution in [0.25, 0.3) is 11.3 Å². The van der Waals surface area contributed by atoms with E-state index < -0.39 is 0 Å². The molecule has 1 N–H and O–H groups in total. The summed E-state index contributed by atoms with van der Waals surface area (Å²) in [6, 6.07) is 7.22. The highest BCUT2D eigenvalue weighted by Crippen LogP contribution is 2.31. The minimum Gasteiger partial charge on any atom is -0.360 e. The summed E-state index contributed by atoms with van der Waals surface area (Å²) >= 11 is 11.6. The van der Waals surface area contributed by atoms with Crippen LogP contribution in [0.15, 0.2) is 28.8 Å². The molecule has 132 valence electrons.